The molecule has 8 heteroatoms. The van der Waals surface area contributed by atoms with Gasteiger partial charge in [-0.15, -0.1) is 5.10 Å². The van der Waals surface area contributed by atoms with Gasteiger partial charge in [0.15, 0.2) is 5.78 Å². The molecule has 0 fully saturated rings. The van der Waals surface area contributed by atoms with Crippen molar-refractivity contribution in [2.45, 2.75) is 36.2 Å². The number of allylic oxidation sites excluding steroid dienone is 2. The van der Waals surface area contributed by atoms with Crippen LogP contribution in [0, 0.1) is 5.82 Å². The van der Waals surface area contributed by atoms with Gasteiger partial charge in [0, 0.05) is 34.0 Å². The number of hydrogen-bond donors (Lipinski definition) is 1. The van der Waals surface area contributed by atoms with E-state index in [0.717, 1.165) is 24.1 Å². The molecule has 3 aromatic rings. The van der Waals surface area contributed by atoms with Crippen LogP contribution in [0.25, 0.3) is 0 Å². The molecule has 0 unspecified atom stereocenters. The van der Waals surface area contributed by atoms with Gasteiger partial charge in [-0.05, 0) is 30.5 Å². The van der Waals surface area contributed by atoms with E-state index >= 15 is 0 Å². The molecular weight excluding hydrogens is 423 g/mol. The number of ketones is 1. The zero-order valence-electron chi connectivity index (χ0n) is 15.9. The second-order valence-electron chi connectivity index (χ2n) is 7.26. The van der Waals surface area contributed by atoms with Crippen molar-refractivity contribution in [3.8, 4) is 0 Å². The number of carbonyl (C=O) groups is 1. The van der Waals surface area contributed by atoms with E-state index in [-0.39, 0.29) is 11.6 Å². The Kier molecular flexibility index (Phi) is 5.08. The monoisotopic (exact) mass is 440 g/mol. The first-order chi connectivity index (χ1) is 14.6. The highest BCUT2D eigenvalue weighted by Crippen LogP contribution is 2.41. The van der Waals surface area contributed by atoms with E-state index in [1.165, 1.54) is 17.8 Å². The molecule has 2 heterocycles. The average Bonchev–Trinajstić information content (AvgIpc) is 3.15. The minimum Gasteiger partial charge on any atom is -0.328 e. The number of hydrogen-bond acceptors (Lipinski definition) is 5. The number of aromatic nitrogens is 3. The van der Waals surface area contributed by atoms with Crippen LogP contribution in [0.15, 0.2) is 65.0 Å². The van der Waals surface area contributed by atoms with Gasteiger partial charge in [-0.1, -0.05) is 59.8 Å². The molecule has 0 spiro atoms. The zero-order chi connectivity index (χ0) is 20.7. The van der Waals surface area contributed by atoms with Crippen molar-refractivity contribution in [3.63, 3.8) is 0 Å². The molecule has 0 radical (unpaired) electrons. The molecule has 1 atom stereocenters. The molecular formula is C22H18ClFN4OS. The first-order valence-electron chi connectivity index (χ1n) is 9.72. The van der Waals surface area contributed by atoms with Gasteiger partial charge < -0.3 is 5.32 Å². The predicted octanol–water partition coefficient (Wildman–Crippen LogP) is 5.38. The number of Topliss-reactive ketones (excluding diaryl/α,β-unsaturated/α-hetero) is 1. The molecule has 0 bridgehead atoms. The van der Waals surface area contributed by atoms with Crippen molar-refractivity contribution in [3.05, 3.63) is 81.8 Å². The Morgan fingerprint density at radius 2 is 1.97 bits per heavy atom. The van der Waals surface area contributed by atoms with Crippen LogP contribution in [0.5, 0.6) is 0 Å². The molecule has 0 saturated heterocycles. The molecule has 5 rings (SSSR count). The third kappa shape index (κ3) is 3.42. The van der Waals surface area contributed by atoms with Crippen molar-refractivity contribution < 1.29 is 9.18 Å². The summed E-state index contributed by atoms with van der Waals surface area (Å²) in [7, 11) is 0. The molecule has 1 aromatic heterocycles. The van der Waals surface area contributed by atoms with Crippen molar-refractivity contribution in [2.75, 3.05) is 5.32 Å². The molecule has 1 aliphatic heterocycles. The van der Waals surface area contributed by atoms with Gasteiger partial charge in [-0.3, -0.25) is 4.79 Å². The molecule has 0 saturated carbocycles. The maximum atomic E-state index is 14.7. The molecule has 5 nitrogen and oxygen atoms in total. The van der Waals surface area contributed by atoms with Gasteiger partial charge in [0.1, 0.15) is 11.9 Å². The summed E-state index contributed by atoms with van der Waals surface area (Å²) in [4.78, 5) is 17.4. The van der Waals surface area contributed by atoms with E-state index in [0.29, 0.717) is 39.4 Å². The summed E-state index contributed by atoms with van der Waals surface area (Å²) in [5.41, 5.74) is 2.83. The van der Waals surface area contributed by atoms with E-state index < -0.39 is 6.04 Å². The fourth-order valence-electron chi connectivity index (χ4n) is 3.94. The fourth-order valence-corrected chi connectivity index (χ4v) is 5.05. The van der Waals surface area contributed by atoms with Crippen LogP contribution in [-0.4, -0.2) is 20.5 Å². The van der Waals surface area contributed by atoms with Gasteiger partial charge in [0.05, 0.1) is 0 Å². The first kappa shape index (κ1) is 19.3. The van der Waals surface area contributed by atoms with Crippen LogP contribution in [0.4, 0.5) is 10.3 Å². The molecule has 30 heavy (non-hydrogen) atoms. The van der Waals surface area contributed by atoms with Crippen molar-refractivity contribution in [1.29, 1.82) is 0 Å². The highest BCUT2D eigenvalue weighted by Gasteiger charge is 2.37. The van der Waals surface area contributed by atoms with Crippen LogP contribution in [0.1, 0.15) is 36.4 Å². The SMILES string of the molecule is O=C1CCCC2=C1[C@@H](c1ccccc1F)n1nc(SCc3ccccc3Cl)nc1N2. The summed E-state index contributed by atoms with van der Waals surface area (Å²) in [5.74, 6) is 0.808. The lowest BCUT2D eigenvalue weighted by molar-refractivity contribution is -0.116. The molecule has 1 aliphatic carbocycles. The van der Waals surface area contributed by atoms with Gasteiger partial charge >= 0.3 is 0 Å². The van der Waals surface area contributed by atoms with Crippen LogP contribution in [0.3, 0.4) is 0 Å². The Labute approximate surface area is 182 Å². The Balaban J connectivity index is 1.53. The second kappa shape index (κ2) is 7.89. The maximum absolute atomic E-state index is 14.7. The van der Waals surface area contributed by atoms with Crippen molar-refractivity contribution in [1.82, 2.24) is 14.8 Å². The standard InChI is InChI=1S/C22H18ClFN4OS/c23-15-8-3-1-6-13(15)12-30-22-26-21-25-17-10-5-11-18(29)19(17)20(28(21)27-22)14-7-2-4-9-16(14)24/h1-4,6-9,20H,5,10-12H2,(H,25,26,27)/t20-/m1/s1. The minimum atomic E-state index is -0.618. The predicted molar refractivity (Wildman–Crippen MR) is 115 cm³/mol. The molecule has 1 N–H and O–H groups in total. The number of carbonyl (C=O) groups excluding carboxylic acids is 1. The Bertz CT molecular complexity index is 1180. The molecule has 2 aliphatic rings. The van der Waals surface area contributed by atoms with Crippen LogP contribution in [0.2, 0.25) is 5.02 Å². The zero-order valence-corrected chi connectivity index (χ0v) is 17.5. The average molecular weight is 441 g/mol. The summed E-state index contributed by atoms with van der Waals surface area (Å²) in [6, 6.07) is 13.6. The second-order valence-corrected chi connectivity index (χ2v) is 8.61. The van der Waals surface area contributed by atoms with Gasteiger partial charge in [0.2, 0.25) is 11.1 Å². The minimum absolute atomic E-state index is 0.0309. The number of thioether (sulfide) groups is 1. The number of nitrogens with zero attached hydrogens (tertiary/aromatic N) is 3. The number of anilines is 1. The van der Waals surface area contributed by atoms with Crippen LogP contribution in [-0.2, 0) is 10.5 Å². The first-order valence-corrected chi connectivity index (χ1v) is 11.1. The highest BCUT2D eigenvalue weighted by molar-refractivity contribution is 7.98. The van der Waals surface area contributed by atoms with E-state index in [9.17, 15) is 9.18 Å². The number of benzene rings is 2. The Morgan fingerprint density at radius 3 is 2.80 bits per heavy atom. The Morgan fingerprint density at radius 1 is 1.17 bits per heavy atom. The lowest BCUT2D eigenvalue weighted by Gasteiger charge is -2.32. The van der Waals surface area contributed by atoms with Gasteiger partial charge in [-0.25, -0.2) is 9.07 Å². The summed E-state index contributed by atoms with van der Waals surface area (Å²) >= 11 is 7.71. The van der Waals surface area contributed by atoms with E-state index in [4.69, 9.17) is 11.6 Å². The van der Waals surface area contributed by atoms with Crippen molar-refractivity contribution in [2.24, 2.45) is 0 Å². The topological polar surface area (TPSA) is 59.8 Å². The number of rotatable bonds is 4. The van der Waals surface area contributed by atoms with E-state index in [1.807, 2.05) is 24.3 Å². The normalized spacial score (nSPS) is 18.1. The lowest BCUT2D eigenvalue weighted by Crippen LogP contribution is -2.32. The number of fused-ring (bicyclic) bond motifs is 1. The smallest absolute Gasteiger partial charge is 0.227 e. The van der Waals surface area contributed by atoms with Crippen molar-refractivity contribution >= 4 is 35.1 Å². The summed E-state index contributed by atoms with van der Waals surface area (Å²) in [5, 5.41) is 9.14. The number of nitrogens with one attached hydrogen (secondary N) is 1. The van der Waals surface area contributed by atoms with Crippen LogP contribution < -0.4 is 5.32 Å². The molecule has 0 amide bonds. The van der Waals surface area contributed by atoms with E-state index in [2.05, 4.69) is 15.4 Å². The largest absolute Gasteiger partial charge is 0.328 e. The molecule has 152 valence electrons. The van der Waals surface area contributed by atoms with Gasteiger partial charge in [-0.2, -0.15) is 4.98 Å². The quantitative estimate of drug-likeness (QED) is 0.551. The maximum Gasteiger partial charge on any atom is 0.227 e. The third-order valence-corrected chi connectivity index (χ3v) is 6.62. The molecule has 2 aromatic carbocycles. The fraction of sp³-hybridized carbons (Fsp3) is 0.227. The lowest BCUT2D eigenvalue weighted by atomic mass is 9.85. The van der Waals surface area contributed by atoms with Gasteiger partial charge in [0.25, 0.3) is 0 Å². The summed E-state index contributed by atoms with van der Waals surface area (Å²) in [6.07, 6.45) is 1.97. The van der Waals surface area contributed by atoms with E-state index in [1.54, 1.807) is 22.9 Å². The third-order valence-electron chi connectivity index (χ3n) is 5.36. The highest BCUT2D eigenvalue weighted by atomic mass is 35.5. The summed E-state index contributed by atoms with van der Waals surface area (Å²) in [6.45, 7) is 0. The Hall–Kier alpha value is -2.64. The number of halogens is 2. The van der Waals surface area contributed by atoms with Crippen LogP contribution >= 0.6 is 23.4 Å². The summed E-state index contributed by atoms with van der Waals surface area (Å²) < 4.78 is 16.4.